The van der Waals surface area contributed by atoms with Gasteiger partial charge in [0.1, 0.15) is 0 Å². The van der Waals surface area contributed by atoms with E-state index < -0.39 is 6.43 Å². The van der Waals surface area contributed by atoms with Crippen LogP contribution in [0.1, 0.15) is 24.3 Å². The van der Waals surface area contributed by atoms with Gasteiger partial charge in [-0.25, -0.2) is 8.78 Å². The zero-order valence-electron chi connectivity index (χ0n) is 8.24. The molecule has 0 radical (unpaired) electrons. The Morgan fingerprint density at radius 1 is 1.56 bits per heavy atom. The second kappa shape index (κ2) is 4.79. The summed E-state index contributed by atoms with van der Waals surface area (Å²) in [6, 6.07) is -0.251. The maximum atomic E-state index is 12.2. The number of hydrogen-bond acceptors (Lipinski definition) is 5. The van der Waals surface area contributed by atoms with Crippen LogP contribution in [0, 0.1) is 0 Å². The second-order valence-corrected chi connectivity index (χ2v) is 4.39. The topological polar surface area (TPSA) is 66.9 Å². The lowest BCUT2D eigenvalue weighted by Crippen LogP contribution is -2.35. The zero-order valence-corrected chi connectivity index (χ0v) is 9.06. The van der Waals surface area contributed by atoms with Crippen molar-refractivity contribution < 1.29 is 13.6 Å². The van der Waals surface area contributed by atoms with Crippen LogP contribution in [0.3, 0.4) is 0 Å². The summed E-state index contributed by atoms with van der Waals surface area (Å²) < 4.78 is 24.4. The molecule has 16 heavy (non-hydrogen) atoms. The second-order valence-electron chi connectivity index (χ2n) is 3.38. The summed E-state index contributed by atoms with van der Waals surface area (Å²) in [6.07, 6.45) is -0.948. The van der Waals surface area contributed by atoms with E-state index >= 15 is 0 Å². The summed E-state index contributed by atoms with van der Waals surface area (Å²) in [4.78, 5) is 11.6. The summed E-state index contributed by atoms with van der Waals surface area (Å²) in [5.41, 5.74) is 0. The molecule has 1 atom stereocenters. The molecule has 2 rings (SSSR count). The van der Waals surface area contributed by atoms with Crippen LogP contribution in [0.15, 0.2) is 0 Å². The molecule has 0 saturated carbocycles. The zero-order chi connectivity index (χ0) is 11.5. The Kier molecular flexibility index (Phi) is 3.39. The number of carbonyl (C=O) groups is 1. The summed E-state index contributed by atoms with van der Waals surface area (Å²) in [5, 5.41) is 12.0. The fourth-order valence-corrected chi connectivity index (χ4v) is 2.08. The van der Waals surface area contributed by atoms with Crippen LogP contribution in [0.2, 0.25) is 0 Å². The van der Waals surface area contributed by atoms with Gasteiger partial charge in [0.2, 0.25) is 11.0 Å². The van der Waals surface area contributed by atoms with Crippen molar-refractivity contribution >= 4 is 22.4 Å². The molecule has 1 aliphatic heterocycles. The molecule has 0 aromatic carbocycles. The number of aromatic nitrogens is 2. The third-order valence-corrected chi connectivity index (χ3v) is 3.08. The van der Waals surface area contributed by atoms with Gasteiger partial charge < -0.3 is 5.32 Å². The summed E-state index contributed by atoms with van der Waals surface area (Å²) in [6.45, 7) is 0.802. The molecule has 2 N–H and O–H groups in total. The summed E-state index contributed by atoms with van der Waals surface area (Å²) >= 11 is 0.696. The van der Waals surface area contributed by atoms with Crippen molar-refractivity contribution in [3.8, 4) is 0 Å². The molecule has 1 aliphatic rings. The minimum absolute atomic E-state index is 0.119. The fourth-order valence-electron chi connectivity index (χ4n) is 1.47. The van der Waals surface area contributed by atoms with Gasteiger partial charge in [0, 0.05) is 0 Å². The van der Waals surface area contributed by atoms with E-state index in [1.807, 2.05) is 0 Å². The first-order chi connectivity index (χ1) is 7.66. The number of nitrogens with one attached hydrogen (secondary N) is 2. The van der Waals surface area contributed by atoms with Crippen LogP contribution in [0.5, 0.6) is 0 Å². The lowest BCUT2D eigenvalue weighted by atomic mass is 10.2. The van der Waals surface area contributed by atoms with Gasteiger partial charge >= 0.3 is 0 Å². The molecular weight excluding hydrogens is 238 g/mol. The van der Waals surface area contributed by atoms with Gasteiger partial charge in [-0.2, -0.15) is 0 Å². The Morgan fingerprint density at radius 2 is 2.38 bits per heavy atom. The quantitative estimate of drug-likeness (QED) is 0.842. The standard InChI is InChI=1S/C8H10F2N4OS/c9-5(10)7-13-14-8(16-7)12-6(15)4-2-1-3-11-4/h4-5,11H,1-3H2,(H,12,14,15). The van der Waals surface area contributed by atoms with Gasteiger partial charge in [0.05, 0.1) is 6.04 Å². The minimum Gasteiger partial charge on any atom is -0.306 e. The number of rotatable bonds is 3. The van der Waals surface area contributed by atoms with Gasteiger partial charge in [-0.05, 0) is 19.4 Å². The van der Waals surface area contributed by atoms with Crippen LogP contribution < -0.4 is 10.6 Å². The first kappa shape index (κ1) is 11.3. The van der Waals surface area contributed by atoms with Gasteiger partial charge in [-0.1, -0.05) is 11.3 Å². The van der Waals surface area contributed by atoms with Gasteiger partial charge in [-0.3, -0.25) is 10.1 Å². The molecular formula is C8H10F2N4OS. The first-order valence-corrected chi connectivity index (χ1v) is 5.64. The summed E-state index contributed by atoms with van der Waals surface area (Å²) in [7, 11) is 0. The van der Waals surface area contributed by atoms with Crippen LogP contribution in [0.25, 0.3) is 0 Å². The van der Waals surface area contributed by atoms with Crippen molar-refractivity contribution in [3.63, 3.8) is 0 Å². The van der Waals surface area contributed by atoms with Crippen LogP contribution in [0.4, 0.5) is 13.9 Å². The smallest absolute Gasteiger partial charge is 0.291 e. The normalized spacial score (nSPS) is 20.3. The highest BCUT2D eigenvalue weighted by Crippen LogP contribution is 2.25. The Balaban J connectivity index is 1.95. The molecule has 5 nitrogen and oxygen atoms in total. The van der Waals surface area contributed by atoms with Gasteiger partial charge in [0.25, 0.3) is 6.43 Å². The van der Waals surface area contributed by atoms with E-state index in [2.05, 4.69) is 20.8 Å². The number of nitrogens with zero attached hydrogens (tertiary/aromatic N) is 2. The molecule has 1 fully saturated rings. The Morgan fingerprint density at radius 3 is 2.94 bits per heavy atom. The van der Waals surface area contributed by atoms with Crippen molar-refractivity contribution in [1.82, 2.24) is 15.5 Å². The Hall–Kier alpha value is -1.15. The maximum absolute atomic E-state index is 12.2. The maximum Gasteiger partial charge on any atom is 0.291 e. The monoisotopic (exact) mass is 248 g/mol. The molecule has 1 aromatic heterocycles. The number of amides is 1. The lowest BCUT2D eigenvalue weighted by Gasteiger charge is -2.07. The van der Waals surface area contributed by atoms with Crippen LogP contribution in [-0.2, 0) is 4.79 Å². The van der Waals surface area contributed by atoms with Crippen LogP contribution in [-0.4, -0.2) is 28.7 Å². The average Bonchev–Trinajstić information content (AvgIpc) is 2.87. The predicted molar refractivity (Wildman–Crippen MR) is 54.5 cm³/mol. The highest BCUT2D eigenvalue weighted by atomic mass is 32.1. The number of alkyl halides is 2. The Bertz CT molecular complexity index is 378. The number of hydrogen-bond donors (Lipinski definition) is 2. The van der Waals surface area contributed by atoms with E-state index in [0.717, 1.165) is 19.4 Å². The van der Waals surface area contributed by atoms with E-state index in [-0.39, 0.29) is 22.1 Å². The van der Waals surface area contributed by atoms with E-state index in [0.29, 0.717) is 11.3 Å². The molecule has 1 unspecified atom stereocenters. The van der Waals surface area contributed by atoms with Gasteiger partial charge in [-0.15, -0.1) is 10.2 Å². The molecule has 2 heterocycles. The molecule has 8 heteroatoms. The van der Waals surface area contributed by atoms with E-state index in [1.54, 1.807) is 0 Å². The van der Waals surface area contributed by atoms with Crippen LogP contribution >= 0.6 is 11.3 Å². The highest BCUT2D eigenvalue weighted by Gasteiger charge is 2.23. The first-order valence-electron chi connectivity index (χ1n) is 4.82. The molecule has 0 aliphatic carbocycles. The van der Waals surface area contributed by atoms with Crippen molar-refractivity contribution in [2.75, 3.05) is 11.9 Å². The van der Waals surface area contributed by atoms with Crippen molar-refractivity contribution in [2.45, 2.75) is 25.3 Å². The molecule has 1 amide bonds. The molecule has 88 valence electrons. The number of anilines is 1. The third-order valence-electron chi connectivity index (χ3n) is 2.23. The van der Waals surface area contributed by atoms with E-state index in [4.69, 9.17) is 0 Å². The van der Waals surface area contributed by atoms with Crippen molar-refractivity contribution in [3.05, 3.63) is 5.01 Å². The number of halogens is 2. The Labute approximate surface area is 94.3 Å². The average molecular weight is 248 g/mol. The van der Waals surface area contributed by atoms with Crippen molar-refractivity contribution in [1.29, 1.82) is 0 Å². The summed E-state index contributed by atoms with van der Waals surface area (Å²) in [5.74, 6) is -0.241. The van der Waals surface area contributed by atoms with Gasteiger partial charge in [0.15, 0.2) is 5.01 Å². The SMILES string of the molecule is O=C(Nc1nnc(C(F)F)s1)C1CCCN1. The molecule has 1 aromatic rings. The molecule has 0 spiro atoms. The molecule has 1 saturated heterocycles. The van der Waals surface area contributed by atoms with E-state index in [1.165, 1.54) is 0 Å². The predicted octanol–water partition coefficient (Wildman–Crippen LogP) is 1.17. The van der Waals surface area contributed by atoms with Crippen molar-refractivity contribution in [2.24, 2.45) is 0 Å². The lowest BCUT2D eigenvalue weighted by molar-refractivity contribution is -0.117. The third kappa shape index (κ3) is 2.50. The van der Waals surface area contributed by atoms with E-state index in [9.17, 15) is 13.6 Å². The largest absolute Gasteiger partial charge is 0.306 e. The fraction of sp³-hybridized carbons (Fsp3) is 0.625. The molecule has 0 bridgehead atoms. The minimum atomic E-state index is -2.65. The highest BCUT2D eigenvalue weighted by molar-refractivity contribution is 7.15. The number of carbonyl (C=O) groups excluding carboxylic acids is 1.